The third-order valence-corrected chi connectivity index (χ3v) is 40.5. The first-order chi connectivity index (χ1) is 19.7. The second-order valence-corrected chi connectivity index (χ2v) is 45.7. The Morgan fingerprint density at radius 3 is 1.29 bits per heavy atom. The van der Waals surface area contributed by atoms with Gasteiger partial charge in [0, 0.05) is 0 Å². The summed E-state index contributed by atoms with van der Waals surface area (Å²) in [4.78, 5) is 0. The van der Waals surface area contributed by atoms with Crippen LogP contribution in [0.2, 0.25) is 43.0 Å². The van der Waals surface area contributed by atoms with Crippen molar-refractivity contribution in [3.63, 3.8) is 0 Å². The van der Waals surface area contributed by atoms with E-state index >= 15 is 0 Å². The molecule has 0 aliphatic heterocycles. The van der Waals surface area contributed by atoms with Crippen LogP contribution in [-0.4, -0.2) is 20.4 Å². The molecular formula is C39H46HfSi2. The summed E-state index contributed by atoms with van der Waals surface area (Å²) in [6, 6.07) is 34.3. The van der Waals surface area contributed by atoms with Crippen molar-refractivity contribution in [3.05, 3.63) is 131 Å². The summed E-state index contributed by atoms with van der Waals surface area (Å²) < 4.78 is 9.33. The van der Waals surface area contributed by atoms with E-state index in [1.54, 1.807) is 0 Å². The van der Waals surface area contributed by atoms with Gasteiger partial charge >= 0.3 is 259 Å². The molecule has 4 aromatic carbocycles. The summed E-state index contributed by atoms with van der Waals surface area (Å²) >= 11 is -4.85. The van der Waals surface area contributed by atoms with E-state index in [0.717, 1.165) is 0 Å². The predicted octanol–water partition coefficient (Wildman–Crippen LogP) is 8.15. The van der Waals surface area contributed by atoms with Crippen LogP contribution < -0.4 is 17.0 Å². The third-order valence-electron chi connectivity index (χ3n) is 10.4. The molecule has 0 amide bonds. The van der Waals surface area contributed by atoms with Gasteiger partial charge in [-0.2, -0.15) is 0 Å². The van der Waals surface area contributed by atoms with Crippen molar-refractivity contribution in [1.82, 2.24) is 0 Å². The van der Waals surface area contributed by atoms with E-state index in [9.17, 15) is 0 Å². The molecule has 0 spiro atoms. The molecule has 3 heteroatoms. The number of rotatable bonds is 6. The van der Waals surface area contributed by atoms with Crippen molar-refractivity contribution in [2.24, 2.45) is 0 Å². The van der Waals surface area contributed by atoms with Gasteiger partial charge in [-0.05, 0) is 0 Å². The topological polar surface area (TPSA) is 0 Å². The first-order valence-corrected chi connectivity index (χ1v) is 32.8. The van der Waals surface area contributed by atoms with Crippen molar-refractivity contribution in [2.75, 3.05) is 0 Å². The molecule has 0 fully saturated rings. The van der Waals surface area contributed by atoms with E-state index in [2.05, 4.69) is 162 Å². The number of aryl methyl sites for hydroxylation is 2. The zero-order chi connectivity index (χ0) is 30.1. The van der Waals surface area contributed by atoms with Gasteiger partial charge in [0.2, 0.25) is 0 Å². The molecule has 0 N–H and O–H groups in total. The molecule has 0 nitrogen and oxygen atoms in total. The van der Waals surface area contributed by atoms with Crippen molar-refractivity contribution >= 4 is 37.4 Å². The molecule has 0 unspecified atom stereocenters. The SMILES string of the molecule is [CH2]=[Hf]([c]1ccc([Si](C)(C)C)cc1)([c]1ccc([Si](C)(C)C)cc1)([CH]1C=CC=C1)[CH]1c2cc(C)ccc2-c2ccc(C)cc21. The molecule has 0 bridgehead atoms. The zero-order valence-corrected chi connectivity index (χ0v) is 32.3. The fraction of sp³-hybridized carbons (Fsp3) is 0.256. The Hall–Kier alpha value is -2.47. The van der Waals surface area contributed by atoms with Gasteiger partial charge in [0.1, 0.15) is 0 Å². The van der Waals surface area contributed by atoms with Gasteiger partial charge in [-0.25, -0.2) is 0 Å². The van der Waals surface area contributed by atoms with E-state index in [4.69, 9.17) is 4.26 Å². The van der Waals surface area contributed by atoms with Crippen LogP contribution in [0, 0.1) is 13.8 Å². The average Bonchev–Trinajstić information content (AvgIpc) is 3.59. The second kappa shape index (κ2) is 10.0. The summed E-state index contributed by atoms with van der Waals surface area (Å²) in [6.45, 7) is 19.2. The first kappa shape index (κ1) is 29.6. The van der Waals surface area contributed by atoms with E-state index in [1.807, 2.05) is 0 Å². The monoisotopic (exact) mass is 750 g/mol. The van der Waals surface area contributed by atoms with Crippen molar-refractivity contribution < 1.29 is 18.0 Å². The fourth-order valence-electron chi connectivity index (χ4n) is 7.89. The van der Waals surface area contributed by atoms with E-state index in [0.29, 0.717) is 3.67 Å². The molecule has 42 heavy (non-hydrogen) atoms. The van der Waals surface area contributed by atoms with Gasteiger partial charge in [-0.15, -0.1) is 0 Å². The average molecular weight is 749 g/mol. The predicted molar refractivity (Wildman–Crippen MR) is 190 cm³/mol. The van der Waals surface area contributed by atoms with Crippen LogP contribution in [-0.2, 0) is 18.0 Å². The van der Waals surface area contributed by atoms with Gasteiger partial charge in [0.05, 0.1) is 0 Å². The summed E-state index contributed by atoms with van der Waals surface area (Å²) in [5, 5.41) is 3.03. The van der Waals surface area contributed by atoms with Gasteiger partial charge in [-0.3, -0.25) is 0 Å². The Morgan fingerprint density at radius 2 is 0.929 bits per heavy atom. The second-order valence-electron chi connectivity index (χ2n) is 15.2. The summed E-state index contributed by atoms with van der Waals surface area (Å²) in [7, 11) is -2.92. The number of benzene rings is 4. The van der Waals surface area contributed by atoms with Crippen LogP contribution in [0.1, 0.15) is 25.9 Å². The Kier molecular flexibility index (Phi) is 7.08. The Bertz CT molecular complexity index is 1680. The third kappa shape index (κ3) is 4.41. The maximum absolute atomic E-state index is 5.79. The molecule has 4 aromatic rings. The number of allylic oxidation sites excluding steroid dienone is 4. The number of hydrogen-bond acceptors (Lipinski definition) is 0. The van der Waals surface area contributed by atoms with E-state index in [1.165, 1.54) is 50.4 Å². The minimum absolute atomic E-state index is 0.250. The molecule has 0 aromatic heterocycles. The molecular weight excluding hydrogens is 703 g/mol. The van der Waals surface area contributed by atoms with Crippen LogP contribution in [0.3, 0.4) is 0 Å². The molecule has 0 atom stereocenters. The molecule has 0 radical (unpaired) electrons. The van der Waals surface area contributed by atoms with Crippen molar-refractivity contribution in [2.45, 2.75) is 60.5 Å². The molecule has 0 saturated heterocycles. The van der Waals surface area contributed by atoms with Crippen molar-refractivity contribution in [1.29, 1.82) is 0 Å². The van der Waals surface area contributed by atoms with Gasteiger partial charge in [0.25, 0.3) is 0 Å². The molecule has 2 aliphatic carbocycles. The fourth-order valence-corrected chi connectivity index (χ4v) is 35.6. The zero-order valence-electron chi connectivity index (χ0n) is 26.8. The van der Waals surface area contributed by atoms with Crippen molar-refractivity contribution in [3.8, 4) is 11.1 Å². The Labute approximate surface area is 256 Å². The molecule has 6 rings (SSSR count). The Balaban J connectivity index is 1.78. The van der Waals surface area contributed by atoms with Crippen LogP contribution in [0.4, 0.5) is 0 Å². The van der Waals surface area contributed by atoms with E-state index in [-0.39, 0.29) is 3.67 Å². The van der Waals surface area contributed by atoms with Gasteiger partial charge in [-0.1, -0.05) is 0 Å². The minimum atomic E-state index is -4.85. The quantitative estimate of drug-likeness (QED) is 0.175. The normalized spacial score (nSPS) is 15.7. The molecule has 214 valence electrons. The van der Waals surface area contributed by atoms with Crippen LogP contribution in [0.25, 0.3) is 11.1 Å². The van der Waals surface area contributed by atoms with Crippen LogP contribution >= 0.6 is 0 Å². The van der Waals surface area contributed by atoms with Crippen LogP contribution in [0.15, 0.2) is 109 Å². The van der Waals surface area contributed by atoms with Gasteiger partial charge in [0.15, 0.2) is 0 Å². The molecule has 0 saturated carbocycles. The number of hydrogen-bond donors (Lipinski definition) is 0. The first-order valence-electron chi connectivity index (χ1n) is 15.5. The van der Waals surface area contributed by atoms with Gasteiger partial charge < -0.3 is 0 Å². The maximum atomic E-state index is 5.79. The molecule has 2 aliphatic rings. The van der Waals surface area contributed by atoms with E-state index < -0.39 is 34.2 Å². The number of fused-ring (bicyclic) bond motifs is 3. The van der Waals surface area contributed by atoms with Crippen LogP contribution in [0.5, 0.6) is 0 Å². The Morgan fingerprint density at radius 1 is 0.548 bits per heavy atom. The molecule has 0 heterocycles. The summed E-state index contributed by atoms with van der Waals surface area (Å²) in [5.41, 5.74) is 8.42. The summed E-state index contributed by atoms with van der Waals surface area (Å²) in [5.74, 6) is 0. The standard InChI is InChI=1S/C15H13.2C9H13Si.C5H5.CH2.Hf/c1-10-3-5-14-12(7-10)9-13-8-11(2)4-6-15(13)14;2*1-10(2,3)9-7-5-4-6-8-9;1-2-4-5-3-1;;/h3-9H,1-2H3;2*5-8H,1-3H3;1-5H;1H2;. The summed E-state index contributed by atoms with van der Waals surface area (Å²) in [6.07, 6.45) is 9.54.